The fourth-order valence-corrected chi connectivity index (χ4v) is 2.68. The molecule has 100 valence electrons. The molecule has 0 N–H and O–H groups in total. The number of pyridine rings is 1. The lowest BCUT2D eigenvalue weighted by Crippen LogP contribution is -2.35. The quantitative estimate of drug-likeness (QED) is 0.785. The number of piperidine rings is 1. The number of rotatable bonds is 4. The van der Waals surface area contributed by atoms with Gasteiger partial charge in [-0.05, 0) is 43.4 Å². The standard InChI is InChI=1S/C14H21ClN2O/c1-11-7-13(9-15)8-14(16-11)17-5-3-12(4-6-17)10-18-2/h7-8,12H,3-6,9-10H2,1-2H3. The van der Waals surface area contributed by atoms with E-state index >= 15 is 0 Å². The lowest BCUT2D eigenvalue weighted by molar-refractivity contribution is 0.139. The van der Waals surface area contributed by atoms with E-state index in [9.17, 15) is 0 Å². The van der Waals surface area contributed by atoms with E-state index < -0.39 is 0 Å². The van der Waals surface area contributed by atoms with Crippen molar-refractivity contribution in [3.8, 4) is 0 Å². The van der Waals surface area contributed by atoms with Gasteiger partial charge in [-0.15, -0.1) is 11.6 Å². The largest absolute Gasteiger partial charge is 0.384 e. The van der Waals surface area contributed by atoms with Crippen molar-refractivity contribution in [2.75, 3.05) is 31.7 Å². The van der Waals surface area contributed by atoms with Gasteiger partial charge in [0.15, 0.2) is 0 Å². The molecule has 0 aromatic carbocycles. The summed E-state index contributed by atoms with van der Waals surface area (Å²) in [6, 6.07) is 4.16. The molecule has 0 spiro atoms. The highest BCUT2D eigenvalue weighted by Gasteiger charge is 2.20. The highest BCUT2D eigenvalue weighted by atomic mass is 35.5. The molecule has 0 radical (unpaired) electrons. The van der Waals surface area contributed by atoms with Crippen molar-refractivity contribution in [2.45, 2.75) is 25.6 Å². The van der Waals surface area contributed by atoms with Crippen LogP contribution in [0.1, 0.15) is 24.1 Å². The molecule has 0 unspecified atom stereocenters. The lowest BCUT2D eigenvalue weighted by atomic mass is 9.98. The van der Waals surface area contributed by atoms with Crippen LogP contribution in [-0.2, 0) is 10.6 Å². The summed E-state index contributed by atoms with van der Waals surface area (Å²) in [7, 11) is 1.78. The molecule has 2 heterocycles. The molecule has 1 aromatic heterocycles. The Balaban J connectivity index is 2.02. The predicted octanol–water partition coefficient (Wildman–Crippen LogP) is 2.99. The van der Waals surface area contributed by atoms with Gasteiger partial charge >= 0.3 is 0 Å². The smallest absolute Gasteiger partial charge is 0.129 e. The average Bonchev–Trinajstić information content (AvgIpc) is 2.39. The molecule has 0 aliphatic carbocycles. The van der Waals surface area contributed by atoms with Gasteiger partial charge in [0.1, 0.15) is 5.82 Å². The van der Waals surface area contributed by atoms with Gasteiger partial charge in [0, 0.05) is 38.4 Å². The second-order valence-electron chi connectivity index (χ2n) is 4.99. The number of anilines is 1. The van der Waals surface area contributed by atoms with Gasteiger partial charge in [-0.25, -0.2) is 4.98 Å². The number of alkyl halides is 1. The summed E-state index contributed by atoms with van der Waals surface area (Å²) in [5.41, 5.74) is 2.19. The van der Waals surface area contributed by atoms with Crippen LogP contribution in [0.15, 0.2) is 12.1 Å². The third-order valence-corrected chi connectivity index (χ3v) is 3.80. The highest BCUT2D eigenvalue weighted by molar-refractivity contribution is 6.17. The zero-order valence-corrected chi connectivity index (χ0v) is 11.9. The maximum Gasteiger partial charge on any atom is 0.129 e. The van der Waals surface area contributed by atoms with Crippen LogP contribution in [-0.4, -0.2) is 31.8 Å². The van der Waals surface area contributed by atoms with Crippen LogP contribution in [0.2, 0.25) is 0 Å². The Kier molecular flexibility index (Phi) is 4.84. The highest BCUT2D eigenvalue weighted by Crippen LogP contribution is 2.23. The maximum atomic E-state index is 5.91. The summed E-state index contributed by atoms with van der Waals surface area (Å²) in [6.07, 6.45) is 2.36. The van der Waals surface area contributed by atoms with E-state index in [0.717, 1.165) is 36.8 Å². The minimum Gasteiger partial charge on any atom is -0.384 e. The van der Waals surface area contributed by atoms with Crippen LogP contribution in [0.4, 0.5) is 5.82 Å². The first-order chi connectivity index (χ1) is 8.72. The van der Waals surface area contributed by atoms with Gasteiger partial charge in [0.25, 0.3) is 0 Å². The Bertz CT molecular complexity index is 389. The number of aromatic nitrogens is 1. The SMILES string of the molecule is COCC1CCN(c2cc(CCl)cc(C)n2)CC1. The number of nitrogens with zero attached hydrogens (tertiary/aromatic N) is 2. The van der Waals surface area contributed by atoms with Gasteiger partial charge in [0.2, 0.25) is 0 Å². The monoisotopic (exact) mass is 268 g/mol. The van der Waals surface area contributed by atoms with E-state index in [1.807, 2.05) is 13.0 Å². The van der Waals surface area contributed by atoms with Crippen LogP contribution in [0.5, 0.6) is 0 Å². The van der Waals surface area contributed by atoms with E-state index in [0.29, 0.717) is 11.8 Å². The molecule has 1 aliphatic heterocycles. The zero-order valence-electron chi connectivity index (χ0n) is 11.2. The Labute approximate surface area is 114 Å². The topological polar surface area (TPSA) is 25.4 Å². The molecule has 1 aromatic rings. The maximum absolute atomic E-state index is 5.91. The molecule has 0 saturated carbocycles. The summed E-state index contributed by atoms with van der Waals surface area (Å²) in [4.78, 5) is 6.97. The summed E-state index contributed by atoms with van der Waals surface area (Å²) in [6.45, 7) is 5.03. The summed E-state index contributed by atoms with van der Waals surface area (Å²) < 4.78 is 5.23. The van der Waals surface area contributed by atoms with Crippen molar-refractivity contribution in [3.63, 3.8) is 0 Å². The zero-order chi connectivity index (χ0) is 13.0. The first-order valence-corrected chi connectivity index (χ1v) is 7.03. The summed E-state index contributed by atoms with van der Waals surface area (Å²) in [5, 5.41) is 0. The first kappa shape index (κ1) is 13.6. The van der Waals surface area contributed by atoms with Gasteiger partial charge in [0.05, 0.1) is 0 Å². The summed E-state index contributed by atoms with van der Waals surface area (Å²) in [5.74, 6) is 2.32. The molecule has 0 atom stereocenters. The van der Waals surface area contributed by atoms with Crippen molar-refractivity contribution in [1.29, 1.82) is 0 Å². The molecule has 1 saturated heterocycles. The van der Waals surface area contributed by atoms with E-state index in [-0.39, 0.29) is 0 Å². The lowest BCUT2D eigenvalue weighted by Gasteiger charge is -2.32. The number of hydrogen-bond donors (Lipinski definition) is 0. The van der Waals surface area contributed by atoms with Crippen LogP contribution >= 0.6 is 11.6 Å². The van der Waals surface area contributed by atoms with E-state index in [1.165, 1.54) is 12.8 Å². The van der Waals surface area contributed by atoms with Gasteiger partial charge in [-0.1, -0.05) is 0 Å². The molecule has 18 heavy (non-hydrogen) atoms. The number of ether oxygens (including phenoxy) is 1. The fourth-order valence-electron chi connectivity index (χ4n) is 2.52. The number of aryl methyl sites for hydroxylation is 1. The van der Waals surface area contributed by atoms with Gasteiger partial charge in [-0.3, -0.25) is 0 Å². The number of halogens is 1. The molecule has 1 fully saturated rings. The Morgan fingerprint density at radius 3 is 2.72 bits per heavy atom. The third-order valence-electron chi connectivity index (χ3n) is 3.49. The molecule has 1 aliphatic rings. The predicted molar refractivity (Wildman–Crippen MR) is 75.3 cm³/mol. The molecule has 0 amide bonds. The Morgan fingerprint density at radius 1 is 1.39 bits per heavy atom. The van der Waals surface area contributed by atoms with Gasteiger partial charge in [-0.2, -0.15) is 0 Å². The van der Waals surface area contributed by atoms with Crippen LogP contribution < -0.4 is 4.90 Å². The van der Waals surface area contributed by atoms with Crippen molar-refractivity contribution in [2.24, 2.45) is 5.92 Å². The fraction of sp³-hybridized carbons (Fsp3) is 0.643. The number of hydrogen-bond acceptors (Lipinski definition) is 3. The van der Waals surface area contributed by atoms with Crippen molar-refractivity contribution < 1.29 is 4.74 Å². The van der Waals surface area contributed by atoms with Crippen molar-refractivity contribution >= 4 is 17.4 Å². The summed E-state index contributed by atoms with van der Waals surface area (Å²) >= 11 is 5.91. The Hall–Kier alpha value is -0.800. The minimum absolute atomic E-state index is 0.552. The second kappa shape index (κ2) is 6.39. The van der Waals surface area contributed by atoms with Crippen molar-refractivity contribution in [3.05, 3.63) is 23.4 Å². The van der Waals surface area contributed by atoms with E-state index in [1.54, 1.807) is 7.11 Å². The molecule has 0 bridgehead atoms. The van der Waals surface area contributed by atoms with Crippen LogP contribution in [0.25, 0.3) is 0 Å². The molecule has 2 rings (SSSR count). The van der Waals surface area contributed by atoms with E-state index in [2.05, 4.69) is 16.0 Å². The normalized spacial score (nSPS) is 17.2. The van der Waals surface area contributed by atoms with Gasteiger partial charge < -0.3 is 9.64 Å². The van der Waals surface area contributed by atoms with Crippen LogP contribution in [0, 0.1) is 12.8 Å². The second-order valence-corrected chi connectivity index (χ2v) is 5.26. The Morgan fingerprint density at radius 2 is 2.11 bits per heavy atom. The minimum atomic E-state index is 0.552. The molecular formula is C14H21ClN2O. The van der Waals surface area contributed by atoms with Crippen LogP contribution in [0.3, 0.4) is 0 Å². The van der Waals surface area contributed by atoms with E-state index in [4.69, 9.17) is 16.3 Å². The molecule has 3 nitrogen and oxygen atoms in total. The molecule has 4 heteroatoms. The number of methoxy groups -OCH3 is 1. The third kappa shape index (κ3) is 3.36. The average molecular weight is 269 g/mol. The van der Waals surface area contributed by atoms with Crippen molar-refractivity contribution in [1.82, 2.24) is 4.98 Å². The first-order valence-electron chi connectivity index (χ1n) is 6.50. The molecular weight excluding hydrogens is 248 g/mol.